The first-order chi connectivity index (χ1) is 7.85. The van der Waals surface area contributed by atoms with Crippen LogP contribution >= 0.6 is 0 Å². The summed E-state index contributed by atoms with van der Waals surface area (Å²) in [5.41, 5.74) is 0. The Balaban J connectivity index is 5.09. The van der Waals surface area contributed by atoms with Crippen LogP contribution < -0.4 is 14.6 Å². The number of hydrogen-bond acceptors (Lipinski definition) is 4. The van der Waals surface area contributed by atoms with E-state index in [9.17, 15) is 0 Å². The van der Waals surface area contributed by atoms with Gasteiger partial charge in [-0.15, -0.1) is 0 Å². The molecule has 0 aromatic heterocycles. The standard InChI is InChI=1S/C11H32N4Si2/c1-8-12-17(13-9-2,14-16(5,6)7)15(10-3)11-4/h12-14H,8-11H2,1-7H3. The van der Waals surface area contributed by atoms with Crippen LogP contribution in [0.1, 0.15) is 27.7 Å². The monoisotopic (exact) mass is 276 g/mol. The molecule has 0 saturated carbocycles. The quantitative estimate of drug-likeness (QED) is 0.557. The first-order valence-corrected chi connectivity index (χ1v) is 12.3. The van der Waals surface area contributed by atoms with Crippen molar-refractivity contribution in [1.29, 1.82) is 0 Å². The maximum absolute atomic E-state index is 3.96. The Kier molecular flexibility index (Phi) is 7.78. The Morgan fingerprint density at radius 2 is 1.24 bits per heavy atom. The molecule has 0 rings (SSSR count). The first-order valence-electron chi connectivity index (χ1n) is 6.89. The second-order valence-electron chi connectivity index (χ2n) is 5.32. The maximum Gasteiger partial charge on any atom is 0.361 e. The summed E-state index contributed by atoms with van der Waals surface area (Å²) in [6, 6.07) is 0. The van der Waals surface area contributed by atoms with Gasteiger partial charge in [0, 0.05) is 0 Å². The van der Waals surface area contributed by atoms with E-state index < -0.39 is 17.0 Å². The van der Waals surface area contributed by atoms with Crippen molar-refractivity contribution in [2.75, 3.05) is 26.2 Å². The van der Waals surface area contributed by atoms with Gasteiger partial charge in [-0.3, -0.25) is 4.57 Å². The molecule has 0 aliphatic carbocycles. The van der Waals surface area contributed by atoms with Crippen LogP contribution in [0.5, 0.6) is 0 Å². The average molecular weight is 277 g/mol. The Morgan fingerprint density at radius 1 is 0.824 bits per heavy atom. The topological polar surface area (TPSA) is 39.3 Å². The fourth-order valence-corrected chi connectivity index (χ4v) is 10.4. The van der Waals surface area contributed by atoms with E-state index in [2.05, 4.69) is 66.5 Å². The van der Waals surface area contributed by atoms with Crippen LogP contribution in [0.15, 0.2) is 0 Å². The number of rotatable bonds is 9. The highest BCUT2D eigenvalue weighted by Gasteiger charge is 2.42. The van der Waals surface area contributed by atoms with Gasteiger partial charge in [0.15, 0.2) is 0 Å². The molecule has 0 fully saturated rings. The fourth-order valence-electron chi connectivity index (χ4n) is 2.21. The zero-order chi connectivity index (χ0) is 13.5. The predicted octanol–water partition coefficient (Wildman–Crippen LogP) is 1.41. The lowest BCUT2D eigenvalue weighted by Gasteiger charge is -2.44. The number of hydrogen-bond donors (Lipinski definition) is 3. The van der Waals surface area contributed by atoms with E-state index in [4.69, 9.17) is 0 Å². The van der Waals surface area contributed by atoms with Gasteiger partial charge in [-0.2, -0.15) is 0 Å². The van der Waals surface area contributed by atoms with E-state index in [0.717, 1.165) is 26.2 Å². The minimum absolute atomic E-state index is 1.01. The fraction of sp³-hybridized carbons (Fsp3) is 1.00. The highest BCUT2D eigenvalue weighted by molar-refractivity contribution is 6.88. The van der Waals surface area contributed by atoms with Crippen molar-refractivity contribution in [2.24, 2.45) is 0 Å². The molecule has 3 N–H and O–H groups in total. The van der Waals surface area contributed by atoms with Gasteiger partial charge in [-0.1, -0.05) is 47.3 Å². The predicted molar refractivity (Wildman–Crippen MR) is 82.5 cm³/mol. The van der Waals surface area contributed by atoms with Crippen LogP contribution in [-0.2, 0) is 0 Å². The number of nitrogens with one attached hydrogen (secondary N) is 3. The summed E-state index contributed by atoms with van der Waals surface area (Å²) < 4.78 is 6.51. The van der Waals surface area contributed by atoms with Gasteiger partial charge >= 0.3 is 8.72 Å². The summed E-state index contributed by atoms with van der Waals surface area (Å²) in [5, 5.41) is 0. The van der Waals surface area contributed by atoms with Crippen molar-refractivity contribution in [3.05, 3.63) is 0 Å². The highest BCUT2D eigenvalue weighted by Crippen LogP contribution is 2.06. The van der Waals surface area contributed by atoms with Gasteiger partial charge in [-0.25, -0.2) is 0 Å². The molecule has 0 aromatic rings. The zero-order valence-corrected chi connectivity index (χ0v) is 14.8. The minimum Gasteiger partial charge on any atom is -0.322 e. The van der Waals surface area contributed by atoms with Gasteiger partial charge in [0.25, 0.3) is 0 Å². The Bertz CT molecular complexity index is 196. The average Bonchev–Trinajstić information content (AvgIpc) is 2.17. The van der Waals surface area contributed by atoms with Crippen molar-refractivity contribution < 1.29 is 0 Å². The molecule has 0 saturated heterocycles. The third-order valence-corrected chi connectivity index (χ3v) is 10.4. The molecule has 0 aromatic carbocycles. The van der Waals surface area contributed by atoms with E-state index in [1.165, 1.54) is 0 Å². The van der Waals surface area contributed by atoms with E-state index >= 15 is 0 Å². The van der Waals surface area contributed by atoms with E-state index in [0.29, 0.717) is 0 Å². The SMILES string of the molecule is CCN[Si](NCC)(N[Si](C)(C)C)N(CC)CC. The molecular weight excluding hydrogens is 244 g/mol. The van der Waals surface area contributed by atoms with Crippen LogP contribution in [0.25, 0.3) is 0 Å². The van der Waals surface area contributed by atoms with Crippen LogP contribution in [-0.4, -0.2) is 47.7 Å². The summed E-state index contributed by atoms with van der Waals surface area (Å²) in [5.74, 6) is 0. The number of nitrogens with zero attached hydrogens (tertiary/aromatic N) is 1. The summed E-state index contributed by atoms with van der Waals surface area (Å²) in [6.07, 6.45) is 0. The summed E-state index contributed by atoms with van der Waals surface area (Å²) in [4.78, 5) is 7.47. The normalized spacial score (nSPS) is 13.4. The molecule has 0 bridgehead atoms. The van der Waals surface area contributed by atoms with Crippen molar-refractivity contribution in [3.63, 3.8) is 0 Å². The minimum atomic E-state index is -1.92. The second kappa shape index (κ2) is 7.65. The molecular formula is C11H32N4Si2. The highest BCUT2D eigenvalue weighted by atomic mass is 28.4. The molecule has 0 aliphatic rings. The van der Waals surface area contributed by atoms with E-state index in [1.807, 2.05) is 0 Å². The summed E-state index contributed by atoms with van der Waals surface area (Å²) >= 11 is 0. The molecule has 0 amide bonds. The van der Waals surface area contributed by atoms with E-state index in [-0.39, 0.29) is 0 Å². The molecule has 0 unspecified atom stereocenters. The third-order valence-electron chi connectivity index (χ3n) is 2.66. The molecule has 0 heterocycles. The van der Waals surface area contributed by atoms with Gasteiger partial charge in [0.05, 0.1) is 0 Å². The van der Waals surface area contributed by atoms with Crippen LogP contribution in [0.4, 0.5) is 0 Å². The lowest BCUT2D eigenvalue weighted by molar-refractivity contribution is 0.425. The van der Waals surface area contributed by atoms with Gasteiger partial charge < -0.3 is 14.6 Å². The van der Waals surface area contributed by atoms with Gasteiger partial charge in [-0.05, 0) is 26.2 Å². The zero-order valence-electron chi connectivity index (χ0n) is 12.8. The van der Waals surface area contributed by atoms with E-state index in [1.54, 1.807) is 0 Å². The molecule has 17 heavy (non-hydrogen) atoms. The molecule has 4 nitrogen and oxygen atoms in total. The second-order valence-corrected chi connectivity index (χ2v) is 13.6. The van der Waals surface area contributed by atoms with Crippen molar-refractivity contribution >= 4 is 17.0 Å². The maximum atomic E-state index is 3.96. The summed E-state index contributed by atoms with van der Waals surface area (Å²) in [6.45, 7) is 20.1. The largest absolute Gasteiger partial charge is 0.361 e. The van der Waals surface area contributed by atoms with Gasteiger partial charge in [0.1, 0.15) is 8.24 Å². The van der Waals surface area contributed by atoms with Gasteiger partial charge in [0.2, 0.25) is 0 Å². The Labute approximate surface area is 110 Å². The van der Waals surface area contributed by atoms with Crippen molar-refractivity contribution in [3.8, 4) is 0 Å². The first kappa shape index (κ1) is 17.3. The molecule has 104 valence electrons. The third kappa shape index (κ3) is 5.63. The summed E-state index contributed by atoms with van der Waals surface area (Å²) in [7, 11) is -3.23. The molecule has 0 spiro atoms. The van der Waals surface area contributed by atoms with Crippen LogP contribution in [0.2, 0.25) is 19.6 Å². The molecule has 6 heteroatoms. The molecule has 0 aliphatic heterocycles. The molecule has 0 atom stereocenters. The Hall–Kier alpha value is 0.274. The lowest BCUT2D eigenvalue weighted by atomic mass is 10.7. The van der Waals surface area contributed by atoms with Crippen LogP contribution in [0, 0.1) is 0 Å². The smallest absolute Gasteiger partial charge is 0.322 e. The van der Waals surface area contributed by atoms with Crippen molar-refractivity contribution in [2.45, 2.75) is 47.3 Å². The van der Waals surface area contributed by atoms with Crippen LogP contribution in [0.3, 0.4) is 0 Å². The Morgan fingerprint density at radius 3 is 1.47 bits per heavy atom. The lowest BCUT2D eigenvalue weighted by Crippen LogP contribution is -2.84. The molecule has 0 radical (unpaired) electrons. The van der Waals surface area contributed by atoms with Crippen molar-refractivity contribution in [1.82, 2.24) is 19.2 Å².